The van der Waals surface area contributed by atoms with Gasteiger partial charge in [-0.2, -0.15) is 0 Å². The van der Waals surface area contributed by atoms with Crippen LogP contribution >= 0.6 is 0 Å². The summed E-state index contributed by atoms with van der Waals surface area (Å²) >= 11 is 0. The summed E-state index contributed by atoms with van der Waals surface area (Å²) in [6.45, 7) is 2.25. The quantitative estimate of drug-likeness (QED) is 0.313. The number of methoxy groups -OCH3 is 1. The van der Waals surface area contributed by atoms with E-state index >= 15 is 0 Å². The summed E-state index contributed by atoms with van der Waals surface area (Å²) in [6.07, 6.45) is 16.6. The third-order valence-corrected chi connectivity index (χ3v) is 5.53. The summed E-state index contributed by atoms with van der Waals surface area (Å²) in [5, 5.41) is 0. The van der Waals surface area contributed by atoms with Crippen molar-refractivity contribution in [1.29, 1.82) is 0 Å². The van der Waals surface area contributed by atoms with Crippen molar-refractivity contribution in [1.82, 2.24) is 0 Å². The molecule has 0 radical (unpaired) electrons. The molecule has 0 heterocycles. The predicted molar refractivity (Wildman–Crippen MR) is 98.9 cm³/mol. The molecule has 3 nitrogen and oxygen atoms in total. The molecule has 0 bridgehead atoms. The molecule has 0 aromatic heterocycles. The molecular formula is C21H38O3. The van der Waals surface area contributed by atoms with Crippen molar-refractivity contribution < 1.29 is 14.3 Å². The maximum absolute atomic E-state index is 12.6. The van der Waals surface area contributed by atoms with Gasteiger partial charge >= 0.3 is 5.97 Å². The Morgan fingerprint density at radius 2 is 1.54 bits per heavy atom. The average Bonchev–Trinajstić information content (AvgIpc) is 2.61. The predicted octanol–water partition coefficient (Wildman–Crippen LogP) is 5.85. The van der Waals surface area contributed by atoms with Gasteiger partial charge in [0, 0.05) is 18.8 Å². The van der Waals surface area contributed by atoms with Gasteiger partial charge in [-0.25, -0.2) is 0 Å². The van der Waals surface area contributed by atoms with Crippen LogP contribution in [0.5, 0.6) is 0 Å². The zero-order valence-corrected chi connectivity index (χ0v) is 16.0. The summed E-state index contributed by atoms with van der Waals surface area (Å²) < 4.78 is 4.64. The second-order valence-corrected chi connectivity index (χ2v) is 7.46. The molecule has 1 aliphatic carbocycles. The van der Waals surface area contributed by atoms with Gasteiger partial charge < -0.3 is 4.74 Å². The Balaban J connectivity index is 2.19. The number of carbonyl (C=O) groups excluding carboxylic acids is 2. The van der Waals surface area contributed by atoms with E-state index in [0.29, 0.717) is 24.0 Å². The van der Waals surface area contributed by atoms with Crippen molar-refractivity contribution in [2.75, 3.05) is 7.11 Å². The van der Waals surface area contributed by atoms with Gasteiger partial charge in [0.2, 0.25) is 0 Å². The van der Waals surface area contributed by atoms with Crippen LogP contribution in [0.4, 0.5) is 0 Å². The molecule has 0 spiro atoms. The molecular weight excluding hydrogens is 300 g/mol. The Bertz CT molecular complexity index is 351. The molecule has 1 fully saturated rings. The number of carbonyl (C=O) groups is 2. The van der Waals surface area contributed by atoms with Crippen molar-refractivity contribution in [2.45, 2.75) is 103 Å². The lowest BCUT2D eigenvalue weighted by atomic mass is 9.73. The first-order valence-electron chi connectivity index (χ1n) is 10.3. The molecule has 0 aromatic rings. The van der Waals surface area contributed by atoms with Crippen LogP contribution in [0.1, 0.15) is 103 Å². The Hall–Kier alpha value is -0.860. The minimum Gasteiger partial charge on any atom is -0.469 e. The van der Waals surface area contributed by atoms with Crippen molar-refractivity contribution in [3.63, 3.8) is 0 Å². The maximum atomic E-state index is 12.6. The highest BCUT2D eigenvalue weighted by atomic mass is 16.5. The highest BCUT2D eigenvalue weighted by molar-refractivity contribution is 5.81. The van der Waals surface area contributed by atoms with Crippen LogP contribution in [-0.2, 0) is 14.3 Å². The first-order valence-corrected chi connectivity index (χ1v) is 10.3. The first kappa shape index (κ1) is 21.2. The van der Waals surface area contributed by atoms with Gasteiger partial charge in [0.05, 0.1) is 7.11 Å². The molecule has 0 aromatic carbocycles. The molecule has 2 atom stereocenters. The summed E-state index contributed by atoms with van der Waals surface area (Å²) in [5.74, 6) is 1.39. The second kappa shape index (κ2) is 13.4. The van der Waals surface area contributed by atoms with Gasteiger partial charge in [-0.15, -0.1) is 0 Å². The van der Waals surface area contributed by atoms with Gasteiger partial charge in [0.1, 0.15) is 5.78 Å². The van der Waals surface area contributed by atoms with Gasteiger partial charge in [-0.1, -0.05) is 58.3 Å². The van der Waals surface area contributed by atoms with Crippen LogP contribution in [0.2, 0.25) is 0 Å². The van der Waals surface area contributed by atoms with Crippen LogP contribution in [0.15, 0.2) is 0 Å². The lowest BCUT2D eigenvalue weighted by Gasteiger charge is -2.30. The molecule has 0 aliphatic heterocycles. The summed E-state index contributed by atoms with van der Waals surface area (Å²) in [5.41, 5.74) is 0. The van der Waals surface area contributed by atoms with Gasteiger partial charge in [-0.05, 0) is 38.0 Å². The minimum absolute atomic E-state index is 0.126. The number of hydrogen-bond acceptors (Lipinski definition) is 3. The molecule has 1 rings (SSSR count). The lowest BCUT2D eigenvalue weighted by Crippen LogP contribution is -2.27. The smallest absolute Gasteiger partial charge is 0.305 e. The fourth-order valence-electron chi connectivity index (χ4n) is 4.02. The van der Waals surface area contributed by atoms with E-state index in [1.165, 1.54) is 58.5 Å². The van der Waals surface area contributed by atoms with Crippen molar-refractivity contribution in [3.05, 3.63) is 0 Å². The Morgan fingerprint density at radius 3 is 2.25 bits per heavy atom. The van der Waals surface area contributed by atoms with E-state index in [9.17, 15) is 9.59 Å². The Labute approximate surface area is 148 Å². The molecule has 0 N–H and O–H groups in total. The molecule has 0 amide bonds. The Morgan fingerprint density at radius 1 is 0.875 bits per heavy atom. The number of ketones is 1. The average molecular weight is 339 g/mol. The summed E-state index contributed by atoms with van der Waals surface area (Å²) in [4.78, 5) is 23.7. The maximum Gasteiger partial charge on any atom is 0.305 e. The van der Waals surface area contributed by atoms with E-state index < -0.39 is 0 Å². The Kier molecular flexibility index (Phi) is 11.9. The third kappa shape index (κ3) is 8.84. The molecule has 24 heavy (non-hydrogen) atoms. The highest BCUT2D eigenvalue weighted by Crippen LogP contribution is 2.35. The number of Topliss-reactive ketones (excluding diaryl/α,β-unsaturated/α-hetero) is 1. The third-order valence-electron chi connectivity index (χ3n) is 5.53. The number of hydrogen-bond donors (Lipinski definition) is 0. The normalized spacial score (nSPS) is 20.8. The highest BCUT2D eigenvalue weighted by Gasteiger charge is 2.29. The second-order valence-electron chi connectivity index (χ2n) is 7.46. The van der Waals surface area contributed by atoms with Crippen molar-refractivity contribution in [3.8, 4) is 0 Å². The van der Waals surface area contributed by atoms with Crippen LogP contribution in [0.25, 0.3) is 0 Å². The first-order chi connectivity index (χ1) is 11.7. The number of rotatable bonds is 13. The fourth-order valence-corrected chi connectivity index (χ4v) is 4.02. The molecule has 1 saturated carbocycles. The van der Waals surface area contributed by atoms with Gasteiger partial charge in [0.15, 0.2) is 0 Å². The number of ether oxygens (including phenoxy) is 1. The van der Waals surface area contributed by atoms with Crippen LogP contribution in [0, 0.1) is 11.8 Å². The van der Waals surface area contributed by atoms with Gasteiger partial charge in [0.25, 0.3) is 0 Å². The van der Waals surface area contributed by atoms with Gasteiger partial charge in [-0.3, -0.25) is 9.59 Å². The number of unbranched alkanes of at least 4 members (excludes halogenated alkanes) is 6. The van der Waals surface area contributed by atoms with E-state index in [1.54, 1.807) is 0 Å². The topological polar surface area (TPSA) is 43.4 Å². The van der Waals surface area contributed by atoms with E-state index in [-0.39, 0.29) is 5.97 Å². The summed E-state index contributed by atoms with van der Waals surface area (Å²) in [6, 6.07) is 0. The fraction of sp³-hybridized carbons (Fsp3) is 0.905. The lowest BCUT2D eigenvalue weighted by molar-refractivity contribution is -0.140. The largest absolute Gasteiger partial charge is 0.469 e. The van der Waals surface area contributed by atoms with E-state index in [0.717, 1.165) is 38.5 Å². The van der Waals surface area contributed by atoms with Crippen LogP contribution in [-0.4, -0.2) is 18.9 Å². The van der Waals surface area contributed by atoms with E-state index in [2.05, 4.69) is 11.7 Å². The van der Waals surface area contributed by atoms with Crippen LogP contribution < -0.4 is 0 Å². The molecule has 0 saturated heterocycles. The zero-order valence-electron chi connectivity index (χ0n) is 16.0. The van der Waals surface area contributed by atoms with Crippen LogP contribution in [0.3, 0.4) is 0 Å². The summed E-state index contributed by atoms with van der Waals surface area (Å²) in [7, 11) is 1.43. The molecule has 2 unspecified atom stereocenters. The van der Waals surface area contributed by atoms with E-state index in [1.807, 2.05) is 0 Å². The molecule has 3 heteroatoms. The van der Waals surface area contributed by atoms with Crippen molar-refractivity contribution in [2.24, 2.45) is 11.8 Å². The van der Waals surface area contributed by atoms with E-state index in [4.69, 9.17) is 0 Å². The van der Waals surface area contributed by atoms with Crippen molar-refractivity contribution >= 4 is 11.8 Å². The SMILES string of the molecule is CCCCCCC1CCCCC1C(=O)CCCCCCC(=O)OC. The molecule has 140 valence electrons. The number of esters is 1. The zero-order chi connectivity index (χ0) is 17.6. The standard InChI is InChI=1S/C21H38O3/c1-3-4-5-8-13-18-14-11-12-15-19(18)20(22)16-9-6-7-10-17-21(23)24-2/h18-19H,3-17H2,1-2H3. The monoisotopic (exact) mass is 338 g/mol. The molecule has 1 aliphatic rings. The minimum atomic E-state index is -0.126.